The summed E-state index contributed by atoms with van der Waals surface area (Å²) < 4.78 is 4.89. The van der Waals surface area contributed by atoms with Gasteiger partial charge in [-0.05, 0) is 43.2 Å². The van der Waals surface area contributed by atoms with E-state index in [0.29, 0.717) is 18.7 Å². The summed E-state index contributed by atoms with van der Waals surface area (Å²) in [6, 6.07) is 8.74. The van der Waals surface area contributed by atoms with E-state index in [1.54, 1.807) is 13.2 Å². The Bertz CT molecular complexity index is 744. The fourth-order valence-electron chi connectivity index (χ4n) is 2.14. The van der Waals surface area contributed by atoms with E-state index in [9.17, 15) is 9.59 Å². The average molecular weight is 327 g/mol. The maximum absolute atomic E-state index is 12.4. The summed E-state index contributed by atoms with van der Waals surface area (Å²) in [5.74, 6) is -0.620. The highest BCUT2D eigenvalue weighted by Crippen LogP contribution is 2.18. The molecule has 1 aromatic heterocycles. The van der Waals surface area contributed by atoms with Crippen LogP contribution in [0.1, 0.15) is 32.0 Å². The molecule has 0 saturated carbocycles. The van der Waals surface area contributed by atoms with Crippen molar-refractivity contribution >= 4 is 17.5 Å². The normalized spacial score (nSPS) is 10.3. The smallest absolute Gasteiger partial charge is 0.274 e. The average Bonchev–Trinajstić information content (AvgIpc) is 2.59. The van der Waals surface area contributed by atoms with Crippen LogP contribution in [0.2, 0.25) is 0 Å². The van der Waals surface area contributed by atoms with Crippen molar-refractivity contribution in [2.45, 2.75) is 13.8 Å². The van der Waals surface area contributed by atoms with Gasteiger partial charge in [-0.25, -0.2) is 0 Å². The molecule has 0 radical (unpaired) electrons. The van der Waals surface area contributed by atoms with Crippen molar-refractivity contribution in [2.75, 3.05) is 25.6 Å². The van der Waals surface area contributed by atoms with Gasteiger partial charge in [-0.1, -0.05) is 12.1 Å². The number of pyridine rings is 1. The van der Waals surface area contributed by atoms with E-state index in [1.165, 1.54) is 12.3 Å². The molecule has 0 fully saturated rings. The van der Waals surface area contributed by atoms with Gasteiger partial charge in [0.1, 0.15) is 5.69 Å². The summed E-state index contributed by atoms with van der Waals surface area (Å²) in [5.41, 5.74) is 3.39. The van der Waals surface area contributed by atoms with Gasteiger partial charge in [0.15, 0.2) is 0 Å². The van der Waals surface area contributed by atoms with Crippen LogP contribution in [0, 0.1) is 13.8 Å². The number of hydrogen-bond donors (Lipinski definition) is 2. The lowest BCUT2D eigenvalue weighted by atomic mass is 10.1. The van der Waals surface area contributed by atoms with Crippen LogP contribution in [0.15, 0.2) is 36.5 Å². The van der Waals surface area contributed by atoms with E-state index in [0.717, 1.165) is 16.8 Å². The molecule has 2 rings (SSSR count). The summed E-state index contributed by atoms with van der Waals surface area (Å²) in [4.78, 5) is 28.5. The third kappa shape index (κ3) is 4.39. The molecule has 2 aromatic rings. The standard InChI is InChI=1S/C18H21N3O3/c1-12-5-4-6-15(13(12)2)21-18(23)16-11-14(7-8-19-16)17(22)20-9-10-24-3/h4-8,11H,9-10H2,1-3H3,(H,20,22)(H,21,23). The van der Waals surface area contributed by atoms with Crippen LogP contribution >= 0.6 is 0 Å². The molecular formula is C18H21N3O3. The van der Waals surface area contributed by atoms with Crippen molar-refractivity contribution in [1.29, 1.82) is 0 Å². The number of anilines is 1. The predicted molar refractivity (Wildman–Crippen MR) is 92.3 cm³/mol. The lowest BCUT2D eigenvalue weighted by Crippen LogP contribution is -2.27. The molecule has 0 unspecified atom stereocenters. The predicted octanol–water partition coefficient (Wildman–Crippen LogP) is 2.33. The summed E-state index contributed by atoms with van der Waals surface area (Å²) in [6.07, 6.45) is 1.45. The second-order valence-corrected chi connectivity index (χ2v) is 5.38. The number of carbonyl (C=O) groups excluding carboxylic acids is 2. The van der Waals surface area contributed by atoms with Gasteiger partial charge in [-0.3, -0.25) is 14.6 Å². The lowest BCUT2D eigenvalue weighted by Gasteiger charge is -2.10. The summed E-state index contributed by atoms with van der Waals surface area (Å²) in [6.45, 7) is 4.75. The van der Waals surface area contributed by atoms with E-state index >= 15 is 0 Å². The van der Waals surface area contributed by atoms with E-state index < -0.39 is 0 Å². The molecule has 0 spiro atoms. The molecule has 0 bridgehead atoms. The minimum Gasteiger partial charge on any atom is -0.383 e. The number of aromatic nitrogens is 1. The maximum Gasteiger partial charge on any atom is 0.274 e. The maximum atomic E-state index is 12.4. The molecule has 0 aliphatic rings. The van der Waals surface area contributed by atoms with Crippen LogP contribution in [0.3, 0.4) is 0 Å². The van der Waals surface area contributed by atoms with Gasteiger partial charge < -0.3 is 15.4 Å². The zero-order valence-corrected chi connectivity index (χ0v) is 14.1. The van der Waals surface area contributed by atoms with E-state index in [4.69, 9.17) is 4.74 Å². The molecule has 1 heterocycles. The molecule has 0 aliphatic heterocycles. The monoisotopic (exact) mass is 327 g/mol. The fourth-order valence-corrected chi connectivity index (χ4v) is 2.14. The lowest BCUT2D eigenvalue weighted by molar-refractivity contribution is 0.0937. The Balaban J connectivity index is 2.11. The molecule has 0 atom stereocenters. The number of benzene rings is 1. The summed E-state index contributed by atoms with van der Waals surface area (Å²) in [5, 5.41) is 5.54. The molecular weight excluding hydrogens is 306 g/mol. The zero-order chi connectivity index (χ0) is 17.5. The number of aryl methyl sites for hydroxylation is 1. The third-order valence-corrected chi connectivity index (χ3v) is 3.70. The largest absolute Gasteiger partial charge is 0.383 e. The first kappa shape index (κ1) is 17.6. The Kier molecular flexibility index (Phi) is 6.03. The highest BCUT2D eigenvalue weighted by atomic mass is 16.5. The molecule has 0 aliphatic carbocycles. The molecule has 6 heteroatoms. The highest BCUT2D eigenvalue weighted by molar-refractivity contribution is 6.05. The van der Waals surface area contributed by atoms with E-state index in [1.807, 2.05) is 32.0 Å². The number of nitrogens with one attached hydrogen (secondary N) is 2. The van der Waals surface area contributed by atoms with Crippen molar-refractivity contribution in [2.24, 2.45) is 0 Å². The molecule has 126 valence electrons. The Labute approximate surface area is 141 Å². The summed E-state index contributed by atoms with van der Waals surface area (Å²) in [7, 11) is 1.56. The van der Waals surface area contributed by atoms with Crippen molar-refractivity contribution in [3.63, 3.8) is 0 Å². The van der Waals surface area contributed by atoms with Crippen molar-refractivity contribution in [1.82, 2.24) is 10.3 Å². The fraction of sp³-hybridized carbons (Fsp3) is 0.278. The van der Waals surface area contributed by atoms with Crippen LogP contribution in [-0.4, -0.2) is 37.1 Å². The van der Waals surface area contributed by atoms with Gasteiger partial charge in [0, 0.05) is 31.1 Å². The van der Waals surface area contributed by atoms with Crippen LogP contribution in [0.5, 0.6) is 0 Å². The molecule has 1 aromatic carbocycles. The topological polar surface area (TPSA) is 80.3 Å². The number of methoxy groups -OCH3 is 1. The third-order valence-electron chi connectivity index (χ3n) is 3.70. The second-order valence-electron chi connectivity index (χ2n) is 5.38. The summed E-state index contributed by atoms with van der Waals surface area (Å²) >= 11 is 0. The number of nitrogens with zero attached hydrogens (tertiary/aromatic N) is 1. The quantitative estimate of drug-likeness (QED) is 0.798. The number of ether oxygens (including phenoxy) is 1. The van der Waals surface area contributed by atoms with Gasteiger partial charge in [0.2, 0.25) is 0 Å². The van der Waals surface area contributed by atoms with Gasteiger partial charge in [0.25, 0.3) is 11.8 Å². The molecule has 24 heavy (non-hydrogen) atoms. The number of hydrogen-bond acceptors (Lipinski definition) is 4. The number of carbonyl (C=O) groups is 2. The Morgan fingerprint density at radius 2 is 1.96 bits per heavy atom. The first-order valence-electron chi connectivity index (χ1n) is 7.63. The Hall–Kier alpha value is -2.73. The van der Waals surface area contributed by atoms with E-state index in [-0.39, 0.29) is 17.5 Å². The molecule has 6 nitrogen and oxygen atoms in total. The first-order chi connectivity index (χ1) is 11.5. The van der Waals surface area contributed by atoms with Gasteiger partial charge >= 0.3 is 0 Å². The van der Waals surface area contributed by atoms with Gasteiger partial charge in [-0.15, -0.1) is 0 Å². The van der Waals surface area contributed by atoms with Crippen LogP contribution < -0.4 is 10.6 Å². The first-order valence-corrected chi connectivity index (χ1v) is 7.63. The number of rotatable bonds is 6. The van der Waals surface area contributed by atoms with Crippen LogP contribution in [-0.2, 0) is 4.74 Å². The van der Waals surface area contributed by atoms with Gasteiger partial charge in [-0.2, -0.15) is 0 Å². The van der Waals surface area contributed by atoms with Crippen molar-refractivity contribution < 1.29 is 14.3 Å². The zero-order valence-electron chi connectivity index (χ0n) is 14.1. The van der Waals surface area contributed by atoms with E-state index in [2.05, 4.69) is 15.6 Å². The van der Waals surface area contributed by atoms with Gasteiger partial charge in [0.05, 0.1) is 6.61 Å². The minimum atomic E-state index is -0.352. The molecule has 2 N–H and O–H groups in total. The highest BCUT2D eigenvalue weighted by Gasteiger charge is 2.13. The Morgan fingerprint density at radius 3 is 2.71 bits per heavy atom. The second kappa shape index (κ2) is 8.21. The SMILES string of the molecule is COCCNC(=O)c1ccnc(C(=O)Nc2cccc(C)c2C)c1. The molecule has 0 saturated heterocycles. The Morgan fingerprint density at radius 1 is 1.17 bits per heavy atom. The van der Waals surface area contributed by atoms with Crippen molar-refractivity contribution in [3.05, 3.63) is 58.9 Å². The van der Waals surface area contributed by atoms with Crippen molar-refractivity contribution in [3.8, 4) is 0 Å². The molecule has 2 amide bonds. The minimum absolute atomic E-state index is 0.190. The number of amides is 2. The van der Waals surface area contributed by atoms with Crippen LogP contribution in [0.25, 0.3) is 0 Å². The van der Waals surface area contributed by atoms with Crippen LogP contribution in [0.4, 0.5) is 5.69 Å².